The second kappa shape index (κ2) is 4.57. The third-order valence-corrected chi connectivity index (χ3v) is 3.59. The fourth-order valence-corrected chi connectivity index (χ4v) is 2.70. The first kappa shape index (κ1) is 11.5. The molecule has 0 unspecified atom stereocenters. The van der Waals surface area contributed by atoms with Gasteiger partial charge in [-0.1, -0.05) is 0 Å². The van der Waals surface area contributed by atoms with Gasteiger partial charge in [-0.3, -0.25) is 0 Å². The minimum absolute atomic E-state index is 0.288. The van der Waals surface area contributed by atoms with Gasteiger partial charge in [0.1, 0.15) is 5.52 Å². The van der Waals surface area contributed by atoms with Crippen LogP contribution in [0.3, 0.4) is 0 Å². The fourth-order valence-electron chi connectivity index (χ4n) is 2.70. The van der Waals surface area contributed by atoms with Gasteiger partial charge in [0.2, 0.25) is 0 Å². The molecule has 5 heteroatoms. The topological polar surface area (TPSA) is 51.5 Å². The summed E-state index contributed by atoms with van der Waals surface area (Å²) in [7, 11) is 1.78. The van der Waals surface area contributed by atoms with Crippen LogP contribution < -0.4 is 5.32 Å². The molecule has 1 N–H and O–H groups in total. The van der Waals surface area contributed by atoms with E-state index in [1.54, 1.807) is 13.3 Å². The first-order chi connectivity index (χ1) is 8.78. The Bertz CT molecular complexity index is 551. The molecule has 0 saturated heterocycles. The molecule has 96 valence electrons. The lowest BCUT2D eigenvalue weighted by Gasteiger charge is -2.20. The molecule has 5 nitrogen and oxygen atoms in total. The van der Waals surface area contributed by atoms with Crippen LogP contribution in [0.15, 0.2) is 18.5 Å². The standard InChI is InChI=1S/C13H18N4O/c1-9-8-11-13(14-6-7-17(11)16-9)15-10-4-3-5-12(10)18-2/h6-8,10,12H,3-5H2,1-2H3,(H,14,15)/t10-,12-/m1/s1. The van der Waals surface area contributed by atoms with E-state index in [0.717, 1.165) is 29.9 Å². The molecule has 1 fully saturated rings. The largest absolute Gasteiger partial charge is 0.379 e. The number of methoxy groups -OCH3 is 1. The molecule has 1 aliphatic carbocycles. The van der Waals surface area contributed by atoms with Gasteiger partial charge < -0.3 is 10.1 Å². The van der Waals surface area contributed by atoms with Crippen molar-refractivity contribution in [1.29, 1.82) is 0 Å². The first-order valence-electron chi connectivity index (χ1n) is 6.38. The number of ether oxygens (including phenoxy) is 1. The van der Waals surface area contributed by atoms with Crippen LogP contribution >= 0.6 is 0 Å². The van der Waals surface area contributed by atoms with Gasteiger partial charge in [0.25, 0.3) is 0 Å². The highest BCUT2D eigenvalue weighted by Crippen LogP contribution is 2.26. The second-order valence-electron chi connectivity index (χ2n) is 4.85. The summed E-state index contributed by atoms with van der Waals surface area (Å²) in [4.78, 5) is 4.42. The summed E-state index contributed by atoms with van der Waals surface area (Å²) >= 11 is 0. The maximum atomic E-state index is 5.50. The summed E-state index contributed by atoms with van der Waals surface area (Å²) in [6, 6.07) is 2.40. The van der Waals surface area contributed by atoms with E-state index in [4.69, 9.17) is 4.74 Å². The van der Waals surface area contributed by atoms with Crippen LogP contribution in [-0.4, -0.2) is 33.9 Å². The molecule has 0 aliphatic heterocycles. The highest BCUT2D eigenvalue weighted by molar-refractivity contribution is 5.68. The van der Waals surface area contributed by atoms with Crippen LogP contribution in [0.25, 0.3) is 5.52 Å². The molecule has 0 spiro atoms. The van der Waals surface area contributed by atoms with Crippen molar-refractivity contribution in [2.75, 3.05) is 12.4 Å². The molecule has 18 heavy (non-hydrogen) atoms. The van der Waals surface area contributed by atoms with Gasteiger partial charge >= 0.3 is 0 Å². The van der Waals surface area contributed by atoms with Crippen LogP contribution in [0.4, 0.5) is 5.82 Å². The van der Waals surface area contributed by atoms with Gasteiger partial charge in [0.05, 0.1) is 17.8 Å². The molecular weight excluding hydrogens is 228 g/mol. The highest BCUT2D eigenvalue weighted by atomic mass is 16.5. The lowest BCUT2D eigenvalue weighted by molar-refractivity contribution is 0.101. The molecule has 0 aromatic carbocycles. The van der Waals surface area contributed by atoms with E-state index in [1.165, 1.54) is 6.42 Å². The molecule has 2 aromatic rings. The Balaban J connectivity index is 1.90. The zero-order chi connectivity index (χ0) is 12.5. The van der Waals surface area contributed by atoms with E-state index in [2.05, 4.69) is 15.4 Å². The number of hydrogen-bond donors (Lipinski definition) is 1. The first-order valence-corrected chi connectivity index (χ1v) is 6.38. The molecule has 2 heterocycles. The summed E-state index contributed by atoms with van der Waals surface area (Å²) in [5, 5.41) is 7.89. The van der Waals surface area contributed by atoms with Crippen molar-refractivity contribution < 1.29 is 4.74 Å². The Morgan fingerprint density at radius 1 is 1.44 bits per heavy atom. The molecule has 3 rings (SSSR count). The molecular formula is C13H18N4O. The van der Waals surface area contributed by atoms with Crippen molar-refractivity contribution in [2.45, 2.75) is 38.3 Å². The van der Waals surface area contributed by atoms with E-state index >= 15 is 0 Å². The molecule has 1 aliphatic rings. The Labute approximate surface area is 106 Å². The third-order valence-electron chi connectivity index (χ3n) is 3.59. The fraction of sp³-hybridized carbons (Fsp3) is 0.538. The molecule has 0 amide bonds. The Morgan fingerprint density at radius 2 is 2.33 bits per heavy atom. The maximum absolute atomic E-state index is 5.50. The lowest BCUT2D eigenvalue weighted by Crippen LogP contribution is -2.30. The second-order valence-corrected chi connectivity index (χ2v) is 4.85. The zero-order valence-electron chi connectivity index (χ0n) is 10.8. The predicted octanol–water partition coefficient (Wildman–Crippen LogP) is 2.02. The lowest BCUT2D eigenvalue weighted by atomic mass is 10.2. The van der Waals surface area contributed by atoms with Gasteiger partial charge in [0.15, 0.2) is 5.82 Å². The monoisotopic (exact) mass is 246 g/mol. The van der Waals surface area contributed by atoms with Gasteiger partial charge in [-0.25, -0.2) is 9.50 Å². The van der Waals surface area contributed by atoms with Gasteiger partial charge in [-0.15, -0.1) is 0 Å². The van der Waals surface area contributed by atoms with Crippen molar-refractivity contribution in [1.82, 2.24) is 14.6 Å². The van der Waals surface area contributed by atoms with E-state index in [-0.39, 0.29) is 6.10 Å². The summed E-state index contributed by atoms with van der Waals surface area (Å²) in [5.41, 5.74) is 2.03. The third kappa shape index (κ3) is 1.95. The highest BCUT2D eigenvalue weighted by Gasteiger charge is 2.27. The summed E-state index contributed by atoms with van der Waals surface area (Å²) in [6.07, 6.45) is 7.40. The number of nitrogens with zero attached hydrogens (tertiary/aromatic N) is 3. The van der Waals surface area contributed by atoms with E-state index in [9.17, 15) is 0 Å². The van der Waals surface area contributed by atoms with Crippen molar-refractivity contribution in [3.8, 4) is 0 Å². The quantitative estimate of drug-likeness (QED) is 0.900. The van der Waals surface area contributed by atoms with Crippen LogP contribution in [0, 0.1) is 6.92 Å². The van der Waals surface area contributed by atoms with Crippen molar-refractivity contribution in [3.05, 3.63) is 24.2 Å². The van der Waals surface area contributed by atoms with E-state index in [0.29, 0.717) is 6.04 Å². The van der Waals surface area contributed by atoms with Crippen molar-refractivity contribution in [2.24, 2.45) is 0 Å². The SMILES string of the molecule is CO[C@@H]1CCC[C@H]1Nc1nccn2nc(C)cc12. The van der Waals surface area contributed by atoms with Gasteiger partial charge in [-0.2, -0.15) is 5.10 Å². The number of fused-ring (bicyclic) bond motifs is 1. The number of aryl methyl sites for hydroxylation is 1. The zero-order valence-corrected chi connectivity index (χ0v) is 10.8. The van der Waals surface area contributed by atoms with E-state index in [1.807, 2.05) is 23.7 Å². The smallest absolute Gasteiger partial charge is 0.152 e. The summed E-state index contributed by atoms with van der Waals surface area (Å²) in [5.74, 6) is 0.895. The van der Waals surface area contributed by atoms with E-state index < -0.39 is 0 Å². The summed E-state index contributed by atoms with van der Waals surface area (Å²) in [6.45, 7) is 1.99. The van der Waals surface area contributed by atoms with Crippen molar-refractivity contribution in [3.63, 3.8) is 0 Å². The van der Waals surface area contributed by atoms with Gasteiger partial charge in [-0.05, 0) is 32.3 Å². The van der Waals surface area contributed by atoms with Gasteiger partial charge in [0, 0.05) is 19.5 Å². The molecule has 1 saturated carbocycles. The van der Waals surface area contributed by atoms with Crippen molar-refractivity contribution >= 4 is 11.3 Å². The number of nitrogens with one attached hydrogen (secondary N) is 1. The Morgan fingerprint density at radius 3 is 3.17 bits per heavy atom. The number of aromatic nitrogens is 3. The molecule has 0 bridgehead atoms. The van der Waals surface area contributed by atoms with Crippen LogP contribution in [-0.2, 0) is 4.74 Å². The molecule has 2 aromatic heterocycles. The summed E-state index contributed by atoms with van der Waals surface area (Å²) < 4.78 is 7.36. The number of rotatable bonds is 3. The average molecular weight is 246 g/mol. The Kier molecular flexibility index (Phi) is 2.91. The number of anilines is 1. The normalized spacial score (nSPS) is 23.7. The minimum atomic E-state index is 0.288. The van der Waals surface area contributed by atoms with Crippen LogP contribution in [0.2, 0.25) is 0 Å². The average Bonchev–Trinajstić information content (AvgIpc) is 2.94. The maximum Gasteiger partial charge on any atom is 0.152 e. The minimum Gasteiger partial charge on any atom is -0.379 e. The molecule has 2 atom stereocenters. The van der Waals surface area contributed by atoms with Crippen LogP contribution in [0.5, 0.6) is 0 Å². The Hall–Kier alpha value is -1.62. The number of hydrogen-bond acceptors (Lipinski definition) is 4. The predicted molar refractivity (Wildman–Crippen MR) is 69.8 cm³/mol. The molecule has 0 radical (unpaired) electrons. The van der Waals surface area contributed by atoms with Crippen LogP contribution in [0.1, 0.15) is 25.0 Å².